The van der Waals surface area contributed by atoms with Crippen molar-refractivity contribution >= 4 is 5.91 Å². The average Bonchev–Trinajstić information content (AvgIpc) is 2.61. The molecule has 1 aliphatic carbocycles. The molecule has 1 saturated heterocycles. The van der Waals surface area contributed by atoms with Crippen LogP contribution >= 0.6 is 0 Å². The number of benzene rings is 2. The Morgan fingerprint density at radius 2 is 1.77 bits per heavy atom. The van der Waals surface area contributed by atoms with Crippen molar-refractivity contribution in [1.29, 1.82) is 0 Å². The Hall–Kier alpha value is -2.30. The summed E-state index contributed by atoms with van der Waals surface area (Å²) >= 11 is 0. The van der Waals surface area contributed by atoms with Crippen LogP contribution in [0.2, 0.25) is 0 Å². The number of fused-ring (bicyclic) bond motifs is 3. The van der Waals surface area contributed by atoms with Crippen LogP contribution in [-0.2, 0) is 16.6 Å². The smallest absolute Gasteiger partial charge is 0.222 e. The molecule has 0 N–H and O–H groups in total. The standard InChI is InChI=1S/C21H20F3NO/c1-21-8-7-20(26)25(2)19(21)6-4-13-9-12(3-5-15(13)21)14-10-17(23)18(24)11-16(14)22/h3,5,9-11,19H,4,6-8H2,1-2H3/t19?,21-/m1/s1. The lowest BCUT2D eigenvalue weighted by molar-refractivity contribution is -0.138. The summed E-state index contributed by atoms with van der Waals surface area (Å²) in [5.74, 6) is -2.84. The molecule has 0 saturated carbocycles. The molecule has 1 unspecified atom stereocenters. The van der Waals surface area contributed by atoms with Crippen LogP contribution < -0.4 is 0 Å². The van der Waals surface area contributed by atoms with E-state index in [1.807, 2.05) is 24.1 Å². The zero-order chi connectivity index (χ0) is 18.6. The van der Waals surface area contributed by atoms with Crippen LogP contribution in [0.3, 0.4) is 0 Å². The van der Waals surface area contributed by atoms with E-state index >= 15 is 0 Å². The molecule has 2 nitrogen and oxygen atoms in total. The molecule has 5 heteroatoms. The number of hydrogen-bond acceptors (Lipinski definition) is 1. The minimum atomic E-state index is -1.19. The number of likely N-dealkylation sites (tertiary alicyclic amines) is 1. The van der Waals surface area contributed by atoms with Crippen LogP contribution in [0.1, 0.15) is 37.3 Å². The number of carbonyl (C=O) groups excluding carboxylic acids is 1. The second-order valence-corrected chi connectivity index (χ2v) is 7.59. The largest absolute Gasteiger partial charge is 0.342 e. The molecule has 1 aliphatic heterocycles. The molecule has 0 aromatic heterocycles. The van der Waals surface area contributed by atoms with E-state index in [1.54, 1.807) is 6.07 Å². The maximum atomic E-state index is 14.1. The first kappa shape index (κ1) is 17.1. The molecular formula is C21H20F3NO. The third-order valence-electron chi connectivity index (χ3n) is 6.18. The van der Waals surface area contributed by atoms with Crippen LogP contribution in [0.4, 0.5) is 13.2 Å². The minimum absolute atomic E-state index is 0.0647. The predicted molar refractivity (Wildman–Crippen MR) is 93.2 cm³/mol. The molecule has 26 heavy (non-hydrogen) atoms. The molecule has 2 aromatic carbocycles. The summed E-state index contributed by atoms with van der Waals surface area (Å²) in [7, 11) is 1.86. The van der Waals surface area contributed by atoms with Gasteiger partial charge < -0.3 is 4.90 Å². The van der Waals surface area contributed by atoms with Gasteiger partial charge in [0.15, 0.2) is 11.6 Å². The molecule has 2 atom stereocenters. The van der Waals surface area contributed by atoms with Crippen molar-refractivity contribution in [2.45, 2.75) is 44.1 Å². The van der Waals surface area contributed by atoms with Gasteiger partial charge in [0.2, 0.25) is 5.91 Å². The highest BCUT2D eigenvalue weighted by Gasteiger charge is 2.46. The lowest BCUT2D eigenvalue weighted by Crippen LogP contribution is -2.56. The molecule has 1 fully saturated rings. The maximum absolute atomic E-state index is 14.1. The fourth-order valence-electron chi connectivity index (χ4n) is 4.70. The van der Waals surface area contributed by atoms with Gasteiger partial charge in [0.05, 0.1) is 0 Å². The van der Waals surface area contributed by atoms with Crippen molar-refractivity contribution in [1.82, 2.24) is 4.90 Å². The van der Waals surface area contributed by atoms with Crippen LogP contribution in [0, 0.1) is 17.5 Å². The van der Waals surface area contributed by atoms with Gasteiger partial charge in [0.1, 0.15) is 5.82 Å². The Balaban J connectivity index is 1.78. The minimum Gasteiger partial charge on any atom is -0.342 e. The van der Waals surface area contributed by atoms with E-state index in [1.165, 1.54) is 5.56 Å². The summed E-state index contributed by atoms with van der Waals surface area (Å²) in [5, 5.41) is 0. The molecule has 0 bridgehead atoms. The van der Waals surface area contributed by atoms with Crippen molar-refractivity contribution in [3.05, 3.63) is 58.9 Å². The van der Waals surface area contributed by atoms with E-state index in [4.69, 9.17) is 0 Å². The quantitative estimate of drug-likeness (QED) is 0.682. The Kier molecular flexibility index (Phi) is 3.86. The number of halogens is 3. The normalized spacial score (nSPS) is 25.0. The first-order chi connectivity index (χ1) is 12.3. The summed E-state index contributed by atoms with van der Waals surface area (Å²) in [6.45, 7) is 2.18. The number of rotatable bonds is 1. The number of aryl methyl sites for hydroxylation is 1. The Bertz CT molecular complexity index is 910. The second-order valence-electron chi connectivity index (χ2n) is 7.59. The molecule has 0 radical (unpaired) electrons. The van der Waals surface area contributed by atoms with E-state index < -0.39 is 17.5 Å². The van der Waals surface area contributed by atoms with Crippen molar-refractivity contribution in [3.8, 4) is 11.1 Å². The number of amides is 1. The summed E-state index contributed by atoms with van der Waals surface area (Å²) in [6.07, 6.45) is 2.91. The van der Waals surface area contributed by atoms with Crippen LogP contribution in [0.15, 0.2) is 30.3 Å². The van der Waals surface area contributed by atoms with Crippen molar-refractivity contribution in [3.63, 3.8) is 0 Å². The highest BCUT2D eigenvalue weighted by molar-refractivity contribution is 5.78. The van der Waals surface area contributed by atoms with Crippen molar-refractivity contribution < 1.29 is 18.0 Å². The number of nitrogens with zero attached hydrogens (tertiary/aromatic N) is 1. The molecule has 1 amide bonds. The van der Waals surface area contributed by atoms with Gasteiger partial charge in [0.25, 0.3) is 0 Å². The molecule has 2 aliphatic rings. The van der Waals surface area contributed by atoms with E-state index in [9.17, 15) is 18.0 Å². The van der Waals surface area contributed by atoms with Crippen LogP contribution in [0.25, 0.3) is 11.1 Å². The molecule has 4 rings (SSSR count). The fraction of sp³-hybridized carbons (Fsp3) is 0.381. The van der Waals surface area contributed by atoms with E-state index in [-0.39, 0.29) is 22.9 Å². The highest BCUT2D eigenvalue weighted by atomic mass is 19.2. The Labute approximate surface area is 150 Å². The third kappa shape index (κ3) is 2.44. The number of carbonyl (C=O) groups is 1. The predicted octanol–water partition coefficient (Wildman–Crippen LogP) is 4.60. The topological polar surface area (TPSA) is 20.3 Å². The number of likely N-dealkylation sites (N-methyl/N-ethyl adjacent to an activating group) is 1. The van der Waals surface area contributed by atoms with Gasteiger partial charge in [-0.2, -0.15) is 0 Å². The fourth-order valence-corrected chi connectivity index (χ4v) is 4.70. The first-order valence-electron chi connectivity index (χ1n) is 8.85. The van der Waals surface area contributed by atoms with E-state index in [0.29, 0.717) is 18.1 Å². The zero-order valence-electron chi connectivity index (χ0n) is 14.8. The molecule has 1 heterocycles. The first-order valence-corrected chi connectivity index (χ1v) is 8.85. The van der Waals surface area contributed by atoms with Gasteiger partial charge in [-0.3, -0.25) is 4.79 Å². The van der Waals surface area contributed by atoms with Gasteiger partial charge in [-0.1, -0.05) is 25.1 Å². The number of hydrogen-bond donors (Lipinski definition) is 0. The summed E-state index contributed by atoms with van der Waals surface area (Å²) in [4.78, 5) is 13.9. The maximum Gasteiger partial charge on any atom is 0.222 e. The van der Waals surface area contributed by atoms with Crippen LogP contribution in [0.5, 0.6) is 0 Å². The molecular weight excluding hydrogens is 339 g/mol. The monoisotopic (exact) mass is 359 g/mol. The Morgan fingerprint density at radius 3 is 2.54 bits per heavy atom. The van der Waals surface area contributed by atoms with Crippen molar-refractivity contribution in [2.24, 2.45) is 0 Å². The van der Waals surface area contributed by atoms with Crippen molar-refractivity contribution in [2.75, 3.05) is 7.05 Å². The lowest BCUT2D eigenvalue weighted by atomic mass is 9.63. The third-order valence-corrected chi connectivity index (χ3v) is 6.18. The molecule has 2 aromatic rings. The second kappa shape index (κ2) is 5.86. The molecule has 136 valence electrons. The lowest BCUT2D eigenvalue weighted by Gasteiger charge is -2.50. The highest BCUT2D eigenvalue weighted by Crippen LogP contribution is 2.46. The van der Waals surface area contributed by atoms with E-state index in [2.05, 4.69) is 6.92 Å². The summed E-state index contributed by atoms with van der Waals surface area (Å²) in [6, 6.07) is 7.25. The zero-order valence-corrected chi connectivity index (χ0v) is 14.8. The van der Waals surface area contributed by atoms with E-state index in [0.717, 1.165) is 30.9 Å². The van der Waals surface area contributed by atoms with Crippen LogP contribution in [-0.4, -0.2) is 23.9 Å². The Morgan fingerprint density at radius 1 is 1.04 bits per heavy atom. The van der Waals surface area contributed by atoms with Gasteiger partial charge >= 0.3 is 0 Å². The molecule has 0 spiro atoms. The average molecular weight is 359 g/mol. The van der Waals surface area contributed by atoms with Gasteiger partial charge in [0, 0.05) is 36.6 Å². The SMILES string of the molecule is CN1C(=O)CC[C@]2(C)c3ccc(-c4cc(F)c(F)cc4F)cc3CCC12. The summed E-state index contributed by atoms with van der Waals surface area (Å²) in [5.41, 5.74) is 2.73. The van der Waals surface area contributed by atoms with Gasteiger partial charge in [-0.05, 0) is 42.0 Å². The van der Waals surface area contributed by atoms with Gasteiger partial charge in [-0.25, -0.2) is 13.2 Å². The van der Waals surface area contributed by atoms with Gasteiger partial charge in [-0.15, -0.1) is 0 Å². The summed E-state index contributed by atoms with van der Waals surface area (Å²) < 4.78 is 40.9. The number of piperidine rings is 1.